The molecule has 0 unspecified atom stereocenters. The standard InChI is InChI=1S/C19H19N3O2/c1-13-4-3-8-22-11-17(21-18(13)22)14-5-2-6-16(10-14)20-19(23)15-7-9-24-12-15/h2-6,8,10-11,15H,7,9,12H2,1H3,(H,20,23)/t15-/m0/s1. The summed E-state index contributed by atoms with van der Waals surface area (Å²) in [5.41, 5.74) is 4.75. The number of nitrogens with one attached hydrogen (secondary N) is 1. The van der Waals surface area contributed by atoms with Crippen molar-refractivity contribution in [3.63, 3.8) is 0 Å². The van der Waals surface area contributed by atoms with Gasteiger partial charge in [0.15, 0.2) is 0 Å². The van der Waals surface area contributed by atoms with Crippen LogP contribution >= 0.6 is 0 Å². The van der Waals surface area contributed by atoms with Crippen LogP contribution in [0.25, 0.3) is 16.9 Å². The Morgan fingerprint density at radius 2 is 2.25 bits per heavy atom. The van der Waals surface area contributed by atoms with E-state index in [9.17, 15) is 4.79 Å². The average molecular weight is 321 g/mol. The number of nitrogens with zero attached hydrogens (tertiary/aromatic N) is 2. The van der Waals surface area contributed by atoms with Crippen LogP contribution in [0.4, 0.5) is 5.69 Å². The van der Waals surface area contributed by atoms with Crippen LogP contribution in [0.1, 0.15) is 12.0 Å². The Kier molecular flexibility index (Phi) is 3.78. The second kappa shape index (κ2) is 6.09. The number of aryl methyl sites for hydroxylation is 1. The number of carbonyl (C=O) groups excluding carboxylic acids is 1. The number of benzene rings is 1. The van der Waals surface area contributed by atoms with E-state index in [2.05, 4.69) is 5.32 Å². The van der Waals surface area contributed by atoms with Crippen LogP contribution in [0.5, 0.6) is 0 Å². The first-order valence-electron chi connectivity index (χ1n) is 8.14. The van der Waals surface area contributed by atoms with Crippen molar-refractivity contribution in [3.05, 3.63) is 54.4 Å². The van der Waals surface area contributed by atoms with Crippen LogP contribution in [0.3, 0.4) is 0 Å². The molecule has 1 N–H and O–H groups in total. The van der Waals surface area contributed by atoms with Crippen LogP contribution in [-0.4, -0.2) is 28.5 Å². The van der Waals surface area contributed by atoms with Gasteiger partial charge in [0, 0.05) is 30.3 Å². The molecule has 1 amide bonds. The minimum Gasteiger partial charge on any atom is -0.381 e. The number of aromatic nitrogens is 2. The van der Waals surface area contributed by atoms with Crippen molar-refractivity contribution in [2.24, 2.45) is 5.92 Å². The van der Waals surface area contributed by atoms with Crippen molar-refractivity contribution in [1.29, 1.82) is 0 Å². The zero-order valence-electron chi connectivity index (χ0n) is 13.5. The van der Waals surface area contributed by atoms with Crippen LogP contribution in [0, 0.1) is 12.8 Å². The van der Waals surface area contributed by atoms with Gasteiger partial charge >= 0.3 is 0 Å². The van der Waals surface area contributed by atoms with Crippen LogP contribution in [0.15, 0.2) is 48.8 Å². The fourth-order valence-electron chi connectivity index (χ4n) is 3.03. The molecule has 3 heterocycles. The van der Waals surface area contributed by atoms with E-state index in [1.54, 1.807) is 0 Å². The monoisotopic (exact) mass is 321 g/mol. The molecule has 5 nitrogen and oxygen atoms in total. The van der Waals surface area contributed by atoms with Gasteiger partial charge in [-0.2, -0.15) is 0 Å². The van der Waals surface area contributed by atoms with Crippen molar-refractivity contribution in [3.8, 4) is 11.3 Å². The topological polar surface area (TPSA) is 55.6 Å². The van der Waals surface area contributed by atoms with Crippen LogP contribution < -0.4 is 5.32 Å². The number of rotatable bonds is 3. The predicted molar refractivity (Wildman–Crippen MR) is 92.9 cm³/mol. The molecule has 1 atom stereocenters. The van der Waals surface area contributed by atoms with E-state index in [4.69, 9.17) is 9.72 Å². The van der Waals surface area contributed by atoms with Gasteiger partial charge in [-0.1, -0.05) is 18.2 Å². The summed E-state index contributed by atoms with van der Waals surface area (Å²) in [6.07, 6.45) is 4.79. The van der Waals surface area contributed by atoms with Gasteiger partial charge in [-0.25, -0.2) is 4.98 Å². The lowest BCUT2D eigenvalue weighted by molar-refractivity contribution is -0.119. The first-order valence-corrected chi connectivity index (χ1v) is 8.14. The highest BCUT2D eigenvalue weighted by Gasteiger charge is 2.23. The highest BCUT2D eigenvalue weighted by atomic mass is 16.5. The Bertz CT molecular complexity index is 895. The third-order valence-corrected chi connectivity index (χ3v) is 4.40. The van der Waals surface area contributed by atoms with Crippen LogP contribution in [0.2, 0.25) is 0 Å². The van der Waals surface area contributed by atoms with Gasteiger partial charge in [-0.05, 0) is 37.1 Å². The fourth-order valence-corrected chi connectivity index (χ4v) is 3.03. The number of ether oxygens (including phenoxy) is 1. The Hall–Kier alpha value is -2.66. The molecule has 122 valence electrons. The van der Waals surface area contributed by atoms with Crippen molar-refractivity contribution in [2.45, 2.75) is 13.3 Å². The number of carbonyl (C=O) groups is 1. The molecule has 5 heteroatoms. The van der Waals surface area contributed by atoms with Crippen molar-refractivity contribution < 1.29 is 9.53 Å². The Balaban J connectivity index is 1.61. The summed E-state index contributed by atoms with van der Waals surface area (Å²) in [6, 6.07) is 11.9. The number of anilines is 1. The van der Waals surface area contributed by atoms with Gasteiger partial charge < -0.3 is 14.5 Å². The molecular formula is C19H19N3O2. The van der Waals surface area contributed by atoms with Gasteiger partial charge in [0.2, 0.25) is 5.91 Å². The van der Waals surface area contributed by atoms with Gasteiger partial charge in [-0.3, -0.25) is 4.79 Å². The largest absolute Gasteiger partial charge is 0.381 e. The van der Waals surface area contributed by atoms with E-state index < -0.39 is 0 Å². The molecule has 1 aliphatic heterocycles. The lowest BCUT2D eigenvalue weighted by atomic mass is 10.1. The number of fused-ring (bicyclic) bond motifs is 1. The van der Waals surface area contributed by atoms with Crippen LogP contribution in [-0.2, 0) is 9.53 Å². The van der Waals surface area contributed by atoms with Gasteiger partial charge in [-0.15, -0.1) is 0 Å². The highest BCUT2D eigenvalue weighted by Crippen LogP contribution is 2.24. The molecule has 0 saturated carbocycles. The van der Waals surface area contributed by atoms with Gasteiger partial charge in [0.1, 0.15) is 5.65 Å². The zero-order chi connectivity index (χ0) is 16.5. The smallest absolute Gasteiger partial charge is 0.229 e. The molecule has 1 fully saturated rings. The van der Waals surface area contributed by atoms with E-state index in [0.29, 0.717) is 13.2 Å². The minimum absolute atomic E-state index is 0.0236. The van der Waals surface area contributed by atoms with E-state index >= 15 is 0 Å². The molecule has 1 aliphatic rings. The van der Waals surface area contributed by atoms with E-state index in [0.717, 1.165) is 34.6 Å². The lowest BCUT2D eigenvalue weighted by Gasteiger charge is -2.10. The van der Waals surface area contributed by atoms with E-state index in [1.165, 1.54) is 0 Å². The quantitative estimate of drug-likeness (QED) is 0.805. The second-order valence-corrected chi connectivity index (χ2v) is 6.18. The normalized spacial score (nSPS) is 17.3. The van der Waals surface area contributed by atoms with Gasteiger partial charge in [0.05, 0.1) is 18.2 Å². The maximum Gasteiger partial charge on any atom is 0.229 e. The number of imidazole rings is 1. The Morgan fingerprint density at radius 3 is 3.04 bits per heavy atom. The highest BCUT2D eigenvalue weighted by molar-refractivity contribution is 5.93. The van der Waals surface area contributed by atoms with Gasteiger partial charge in [0.25, 0.3) is 0 Å². The second-order valence-electron chi connectivity index (χ2n) is 6.18. The Morgan fingerprint density at radius 1 is 1.33 bits per heavy atom. The molecule has 3 aromatic rings. The maximum absolute atomic E-state index is 12.2. The summed E-state index contributed by atoms with van der Waals surface area (Å²) < 4.78 is 7.30. The van der Waals surface area contributed by atoms with E-state index in [1.807, 2.05) is 60.1 Å². The van der Waals surface area contributed by atoms with Crippen molar-refractivity contribution in [2.75, 3.05) is 18.5 Å². The summed E-state index contributed by atoms with van der Waals surface area (Å²) in [7, 11) is 0. The first kappa shape index (κ1) is 14.9. The maximum atomic E-state index is 12.2. The minimum atomic E-state index is -0.0495. The molecule has 4 rings (SSSR count). The molecule has 0 spiro atoms. The molecule has 0 radical (unpaired) electrons. The SMILES string of the molecule is Cc1cccn2cc(-c3cccc(NC(=O)[C@H]4CCOC4)c3)nc12. The number of amides is 1. The number of pyridine rings is 1. The molecule has 0 bridgehead atoms. The molecular weight excluding hydrogens is 302 g/mol. The summed E-state index contributed by atoms with van der Waals surface area (Å²) in [4.78, 5) is 16.9. The molecule has 24 heavy (non-hydrogen) atoms. The predicted octanol–water partition coefficient (Wildman–Crippen LogP) is 3.28. The summed E-state index contributed by atoms with van der Waals surface area (Å²) in [5.74, 6) is -0.0259. The van der Waals surface area contributed by atoms with E-state index in [-0.39, 0.29) is 11.8 Å². The lowest BCUT2D eigenvalue weighted by Crippen LogP contribution is -2.22. The zero-order valence-corrected chi connectivity index (χ0v) is 13.5. The average Bonchev–Trinajstić information content (AvgIpc) is 3.25. The number of hydrogen-bond acceptors (Lipinski definition) is 3. The van der Waals surface area contributed by atoms with Crippen molar-refractivity contribution in [1.82, 2.24) is 9.38 Å². The third-order valence-electron chi connectivity index (χ3n) is 4.40. The Labute approximate surface area is 140 Å². The summed E-state index contributed by atoms with van der Waals surface area (Å²) >= 11 is 0. The molecule has 1 saturated heterocycles. The number of hydrogen-bond donors (Lipinski definition) is 1. The third kappa shape index (κ3) is 2.78. The summed E-state index contributed by atoms with van der Waals surface area (Å²) in [6.45, 7) is 3.22. The molecule has 2 aromatic heterocycles. The fraction of sp³-hybridized carbons (Fsp3) is 0.263. The molecule has 0 aliphatic carbocycles. The summed E-state index contributed by atoms with van der Waals surface area (Å²) in [5, 5.41) is 2.99. The molecule has 1 aromatic carbocycles. The first-order chi connectivity index (χ1) is 11.7. The van der Waals surface area contributed by atoms with Crippen molar-refractivity contribution >= 4 is 17.2 Å².